The molecule has 0 radical (unpaired) electrons. The van der Waals surface area contributed by atoms with Gasteiger partial charge in [0.2, 0.25) is 0 Å². The Hall–Kier alpha value is -0.880. The molecule has 0 bridgehead atoms. The van der Waals surface area contributed by atoms with E-state index in [1.807, 2.05) is 0 Å². The Labute approximate surface area is 111 Å². The number of hydrogen-bond donors (Lipinski definition) is 2. The minimum Gasteiger partial charge on any atom is -0.507 e. The fourth-order valence-corrected chi connectivity index (χ4v) is 2.17. The van der Waals surface area contributed by atoms with Crippen molar-refractivity contribution in [2.75, 3.05) is 18.6 Å². The standard InChI is InChI=1S/C11H14BrNO3S/c1-17(16)6-2-5-13-11(15)9-4-3-8(12)7-10(9)14/h3-4,7,14H,2,5-6H2,1H3,(H,13,15). The summed E-state index contributed by atoms with van der Waals surface area (Å²) in [6.07, 6.45) is 2.29. The van der Waals surface area contributed by atoms with E-state index >= 15 is 0 Å². The minimum absolute atomic E-state index is 0.0593. The maximum absolute atomic E-state index is 11.7. The van der Waals surface area contributed by atoms with Crippen LogP contribution in [-0.2, 0) is 10.8 Å². The lowest BCUT2D eigenvalue weighted by atomic mass is 10.2. The van der Waals surface area contributed by atoms with E-state index in [1.165, 1.54) is 6.07 Å². The van der Waals surface area contributed by atoms with Gasteiger partial charge < -0.3 is 10.4 Å². The summed E-state index contributed by atoms with van der Waals surface area (Å²) in [5.74, 6) is 0.180. The molecule has 0 saturated heterocycles. The van der Waals surface area contributed by atoms with Crippen LogP contribution in [0.2, 0.25) is 0 Å². The van der Waals surface area contributed by atoms with Crippen LogP contribution in [0.4, 0.5) is 0 Å². The molecule has 2 N–H and O–H groups in total. The molecule has 17 heavy (non-hydrogen) atoms. The molecule has 0 heterocycles. The van der Waals surface area contributed by atoms with Gasteiger partial charge in [0.05, 0.1) is 5.56 Å². The van der Waals surface area contributed by atoms with Crippen LogP contribution in [0, 0.1) is 0 Å². The zero-order chi connectivity index (χ0) is 12.8. The van der Waals surface area contributed by atoms with Gasteiger partial charge in [-0.15, -0.1) is 0 Å². The molecule has 0 spiro atoms. The van der Waals surface area contributed by atoms with Crippen molar-refractivity contribution in [2.45, 2.75) is 6.42 Å². The number of benzene rings is 1. The van der Waals surface area contributed by atoms with Crippen molar-refractivity contribution in [3.05, 3.63) is 28.2 Å². The molecule has 1 rings (SSSR count). The number of halogens is 1. The minimum atomic E-state index is -0.839. The molecule has 0 aromatic heterocycles. The highest BCUT2D eigenvalue weighted by atomic mass is 79.9. The number of nitrogens with one attached hydrogen (secondary N) is 1. The maximum atomic E-state index is 11.7. The van der Waals surface area contributed by atoms with Crippen LogP contribution in [-0.4, -0.2) is 33.8 Å². The number of rotatable bonds is 5. The van der Waals surface area contributed by atoms with Crippen LogP contribution in [0.3, 0.4) is 0 Å². The van der Waals surface area contributed by atoms with Gasteiger partial charge in [-0.1, -0.05) is 15.9 Å². The SMILES string of the molecule is CS(=O)CCCNC(=O)c1ccc(Br)cc1O. The summed E-state index contributed by atoms with van der Waals surface area (Å²) in [5, 5.41) is 12.2. The van der Waals surface area contributed by atoms with Crippen molar-refractivity contribution < 1.29 is 14.1 Å². The molecule has 0 saturated carbocycles. The number of carbonyl (C=O) groups is 1. The van der Waals surface area contributed by atoms with Crippen LogP contribution in [0.5, 0.6) is 5.75 Å². The molecular formula is C11H14BrNO3S. The van der Waals surface area contributed by atoms with Crippen LogP contribution in [0.25, 0.3) is 0 Å². The maximum Gasteiger partial charge on any atom is 0.255 e. The third-order valence-electron chi connectivity index (χ3n) is 2.10. The highest BCUT2D eigenvalue weighted by Gasteiger charge is 2.10. The normalized spacial score (nSPS) is 12.1. The molecule has 1 aromatic carbocycles. The molecule has 1 unspecified atom stereocenters. The molecule has 1 atom stereocenters. The average Bonchev–Trinajstić information content (AvgIpc) is 2.23. The second-order valence-electron chi connectivity index (χ2n) is 3.55. The van der Waals surface area contributed by atoms with E-state index < -0.39 is 10.8 Å². The summed E-state index contributed by atoms with van der Waals surface area (Å²) < 4.78 is 11.5. The molecule has 4 nitrogen and oxygen atoms in total. The fraction of sp³-hybridized carbons (Fsp3) is 0.364. The molecule has 0 aliphatic heterocycles. The van der Waals surface area contributed by atoms with E-state index in [-0.39, 0.29) is 17.2 Å². The van der Waals surface area contributed by atoms with Crippen molar-refractivity contribution in [2.24, 2.45) is 0 Å². The van der Waals surface area contributed by atoms with E-state index in [0.717, 1.165) is 0 Å². The summed E-state index contributed by atoms with van der Waals surface area (Å²) in [5.41, 5.74) is 0.242. The average molecular weight is 320 g/mol. The van der Waals surface area contributed by atoms with E-state index in [4.69, 9.17) is 0 Å². The van der Waals surface area contributed by atoms with Crippen molar-refractivity contribution >= 4 is 32.6 Å². The Balaban J connectivity index is 2.50. The highest BCUT2D eigenvalue weighted by molar-refractivity contribution is 9.10. The van der Waals surface area contributed by atoms with Gasteiger partial charge in [-0.05, 0) is 24.6 Å². The number of carbonyl (C=O) groups excluding carboxylic acids is 1. The first kappa shape index (κ1) is 14.2. The molecular weight excluding hydrogens is 306 g/mol. The Morgan fingerprint density at radius 3 is 2.82 bits per heavy atom. The van der Waals surface area contributed by atoms with Gasteiger partial charge >= 0.3 is 0 Å². The van der Waals surface area contributed by atoms with Gasteiger partial charge in [-0.3, -0.25) is 9.00 Å². The molecule has 94 valence electrons. The predicted octanol–water partition coefficient (Wildman–Crippen LogP) is 1.65. The second-order valence-corrected chi connectivity index (χ2v) is 6.02. The summed E-state index contributed by atoms with van der Waals surface area (Å²) in [4.78, 5) is 11.7. The third kappa shape index (κ3) is 4.87. The Kier molecular flexibility index (Phi) is 5.64. The van der Waals surface area contributed by atoms with Crippen molar-refractivity contribution in [3.63, 3.8) is 0 Å². The zero-order valence-electron chi connectivity index (χ0n) is 9.40. The molecule has 0 aliphatic rings. The molecule has 0 fully saturated rings. The Morgan fingerprint density at radius 2 is 2.24 bits per heavy atom. The first-order valence-electron chi connectivity index (χ1n) is 5.07. The predicted molar refractivity (Wildman–Crippen MR) is 71.7 cm³/mol. The first-order chi connectivity index (χ1) is 8.00. The smallest absolute Gasteiger partial charge is 0.255 e. The monoisotopic (exact) mass is 319 g/mol. The Morgan fingerprint density at radius 1 is 1.53 bits per heavy atom. The first-order valence-corrected chi connectivity index (χ1v) is 7.59. The summed E-state index contributed by atoms with van der Waals surface area (Å²) in [7, 11) is -0.839. The Bertz CT molecular complexity index is 437. The van der Waals surface area contributed by atoms with Crippen molar-refractivity contribution in [3.8, 4) is 5.75 Å². The van der Waals surface area contributed by atoms with Gasteiger partial charge in [-0.2, -0.15) is 0 Å². The lowest BCUT2D eigenvalue weighted by Gasteiger charge is -2.06. The summed E-state index contributed by atoms with van der Waals surface area (Å²) in [6, 6.07) is 4.71. The second kappa shape index (κ2) is 6.76. The van der Waals surface area contributed by atoms with Crippen LogP contribution < -0.4 is 5.32 Å². The van der Waals surface area contributed by atoms with Gasteiger partial charge in [0, 0.05) is 33.8 Å². The lowest BCUT2D eigenvalue weighted by Crippen LogP contribution is -2.25. The topological polar surface area (TPSA) is 66.4 Å². The quantitative estimate of drug-likeness (QED) is 0.811. The van der Waals surface area contributed by atoms with Crippen LogP contribution in [0.1, 0.15) is 16.8 Å². The number of aromatic hydroxyl groups is 1. The number of amides is 1. The largest absolute Gasteiger partial charge is 0.507 e. The fourth-order valence-electron chi connectivity index (χ4n) is 1.27. The number of hydrogen-bond acceptors (Lipinski definition) is 3. The van der Waals surface area contributed by atoms with Gasteiger partial charge in [0.25, 0.3) is 5.91 Å². The lowest BCUT2D eigenvalue weighted by molar-refractivity contribution is 0.0951. The highest BCUT2D eigenvalue weighted by Crippen LogP contribution is 2.21. The molecule has 1 amide bonds. The van der Waals surface area contributed by atoms with Crippen LogP contribution in [0.15, 0.2) is 22.7 Å². The summed E-state index contributed by atoms with van der Waals surface area (Å²) in [6.45, 7) is 0.452. The zero-order valence-corrected chi connectivity index (χ0v) is 11.8. The third-order valence-corrected chi connectivity index (χ3v) is 3.46. The van der Waals surface area contributed by atoms with Gasteiger partial charge in [0.1, 0.15) is 5.75 Å². The molecule has 1 aromatic rings. The van der Waals surface area contributed by atoms with Gasteiger partial charge in [-0.25, -0.2) is 0 Å². The van der Waals surface area contributed by atoms with E-state index in [0.29, 0.717) is 23.2 Å². The van der Waals surface area contributed by atoms with Crippen molar-refractivity contribution in [1.82, 2.24) is 5.32 Å². The molecule has 0 aliphatic carbocycles. The van der Waals surface area contributed by atoms with E-state index in [9.17, 15) is 14.1 Å². The van der Waals surface area contributed by atoms with Crippen molar-refractivity contribution in [1.29, 1.82) is 0 Å². The number of phenolic OH excluding ortho intramolecular Hbond substituents is 1. The summed E-state index contributed by atoms with van der Waals surface area (Å²) >= 11 is 3.20. The number of phenols is 1. The van der Waals surface area contributed by atoms with E-state index in [2.05, 4.69) is 21.2 Å². The van der Waals surface area contributed by atoms with E-state index in [1.54, 1.807) is 18.4 Å². The molecule has 6 heteroatoms. The van der Waals surface area contributed by atoms with Crippen LogP contribution >= 0.6 is 15.9 Å². The van der Waals surface area contributed by atoms with Gasteiger partial charge in [0.15, 0.2) is 0 Å².